The highest BCUT2D eigenvalue weighted by Gasteiger charge is 2.16. The van der Waals surface area contributed by atoms with Crippen molar-refractivity contribution < 1.29 is 23.9 Å². The van der Waals surface area contributed by atoms with Crippen LogP contribution in [0, 0.1) is 0 Å². The fraction of sp³-hybridized carbons (Fsp3) is 0.318. The third-order valence-corrected chi connectivity index (χ3v) is 4.56. The van der Waals surface area contributed by atoms with Crippen LogP contribution in [0.4, 0.5) is 0 Å². The van der Waals surface area contributed by atoms with Gasteiger partial charge in [0, 0.05) is 32.1 Å². The molecule has 0 aliphatic carbocycles. The lowest BCUT2D eigenvalue weighted by molar-refractivity contribution is -0.139. The van der Waals surface area contributed by atoms with E-state index in [1.807, 2.05) is 0 Å². The molecule has 32 heavy (non-hydrogen) atoms. The maximum Gasteiger partial charge on any atom is 0.329 e. The van der Waals surface area contributed by atoms with Gasteiger partial charge in [0.05, 0.1) is 12.3 Å². The number of nitrogens with zero attached hydrogens (tertiary/aromatic N) is 2. The first-order chi connectivity index (χ1) is 15.6. The third-order valence-electron chi connectivity index (χ3n) is 4.56. The number of hydrazone groups is 1. The zero-order valence-corrected chi connectivity index (χ0v) is 17.5. The number of carbonyl (C=O) groups excluding carboxylic acids is 3. The van der Waals surface area contributed by atoms with Gasteiger partial charge in [-0.25, -0.2) is 5.43 Å². The van der Waals surface area contributed by atoms with Gasteiger partial charge in [-0.1, -0.05) is 6.07 Å². The van der Waals surface area contributed by atoms with Crippen molar-refractivity contribution in [3.05, 3.63) is 59.9 Å². The van der Waals surface area contributed by atoms with Crippen molar-refractivity contribution in [3.63, 3.8) is 0 Å². The van der Waals surface area contributed by atoms with E-state index in [4.69, 9.17) is 9.47 Å². The fourth-order valence-corrected chi connectivity index (χ4v) is 2.86. The number of hydrogen-bond donors (Lipinski definition) is 3. The lowest BCUT2D eigenvalue weighted by atomic mass is 10.2. The van der Waals surface area contributed by atoms with Crippen molar-refractivity contribution in [2.75, 3.05) is 19.8 Å². The van der Waals surface area contributed by atoms with Gasteiger partial charge in [-0.3, -0.25) is 19.4 Å². The molecule has 2 heterocycles. The monoisotopic (exact) mass is 439 g/mol. The van der Waals surface area contributed by atoms with Crippen molar-refractivity contribution in [1.82, 2.24) is 21.0 Å². The molecule has 10 heteroatoms. The van der Waals surface area contributed by atoms with Gasteiger partial charge >= 0.3 is 11.8 Å². The third kappa shape index (κ3) is 7.80. The molecule has 1 fully saturated rings. The molecule has 10 nitrogen and oxygen atoms in total. The molecule has 0 unspecified atom stereocenters. The molecule has 2 aromatic rings. The summed E-state index contributed by atoms with van der Waals surface area (Å²) in [5.41, 5.74) is 3.62. The average Bonchev–Trinajstić information content (AvgIpc) is 3.35. The van der Waals surface area contributed by atoms with Crippen LogP contribution in [0.15, 0.2) is 53.9 Å². The fourth-order valence-electron chi connectivity index (χ4n) is 2.86. The van der Waals surface area contributed by atoms with E-state index in [1.54, 1.807) is 48.8 Å². The Morgan fingerprint density at radius 1 is 1.16 bits per heavy atom. The molecule has 1 aromatic carbocycles. The van der Waals surface area contributed by atoms with Crippen LogP contribution in [0.3, 0.4) is 0 Å². The highest BCUT2D eigenvalue weighted by atomic mass is 16.5. The molecule has 3 rings (SSSR count). The Balaban J connectivity index is 1.34. The van der Waals surface area contributed by atoms with E-state index >= 15 is 0 Å². The van der Waals surface area contributed by atoms with Crippen molar-refractivity contribution in [2.24, 2.45) is 5.10 Å². The minimum atomic E-state index is -0.876. The van der Waals surface area contributed by atoms with Gasteiger partial charge in [-0.15, -0.1) is 0 Å². The Kier molecular flexibility index (Phi) is 8.70. The van der Waals surface area contributed by atoms with Crippen LogP contribution >= 0.6 is 0 Å². The number of amides is 3. The van der Waals surface area contributed by atoms with Crippen molar-refractivity contribution in [2.45, 2.75) is 25.5 Å². The first kappa shape index (κ1) is 22.9. The number of aromatic nitrogens is 1. The van der Waals surface area contributed by atoms with Crippen LogP contribution in [-0.4, -0.2) is 54.8 Å². The number of nitrogens with one attached hydrogen (secondary N) is 3. The minimum absolute atomic E-state index is 0.0882. The molecule has 1 saturated heterocycles. The second kappa shape index (κ2) is 12.2. The summed E-state index contributed by atoms with van der Waals surface area (Å²) in [5.74, 6) is -1.37. The molecule has 0 radical (unpaired) electrons. The van der Waals surface area contributed by atoms with E-state index in [-0.39, 0.29) is 25.2 Å². The van der Waals surface area contributed by atoms with Crippen LogP contribution in [0.1, 0.15) is 24.0 Å². The Hall–Kier alpha value is -3.79. The van der Waals surface area contributed by atoms with Gasteiger partial charge in [0.2, 0.25) is 0 Å². The first-order valence-electron chi connectivity index (χ1n) is 10.2. The summed E-state index contributed by atoms with van der Waals surface area (Å²) >= 11 is 0. The predicted molar refractivity (Wildman–Crippen MR) is 116 cm³/mol. The van der Waals surface area contributed by atoms with E-state index in [0.29, 0.717) is 17.9 Å². The van der Waals surface area contributed by atoms with Gasteiger partial charge in [0.15, 0.2) is 6.61 Å². The highest BCUT2D eigenvalue weighted by Crippen LogP contribution is 2.12. The normalized spacial score (nSPS) is 15.3. The largest absolute Gasteiger partial charge is 0.484 e. The lowest BCUT2D eigenvalue weighted by Crippen LogP contribution is -2.37. The second-order valence-corrected chi connectivity index (χ2v) is 7.04. The van der Waals surface area contributed by atoms with Gasteiger partial charge < -0.3 is 20.1 Å². The number of hydrogen-bond acceptors (Lipinski definition) is 7. The second-order valence-electron chi connectivity index (χ2n) is 7.04. The number of benzene rings is 1. The first-order valence-corrected chi connectivity index (χ1v) is 10.2. The van der Waals surface area contributed by atoms with Crippen LogP contribution in [-0.2, 0) is 25.7 Å². The molecule has 3 N–H and O–H groups in total. The lowest BCUT2D eigenvalue weighted by Gasteiger charge is -2.11. The summed E-state index contributed by atoms with van der Waals surface area (Å²) in [5, 5.41) is 9.04. The smallest absolute Gasteiger partial charge is 0.329 e. The summed E-state index contributed by atoms with van der Waals surface area (Å²) in [6.07, 6.45) is 6.68. The van der Waals surface area contributed by atoms with Gasteiger partial charge in [0.1, 0.15) is 5.75 Å². The SMILES string of the molecule is O=C(COc1ccc(/C=N\NC(=O)C(=O)NCc2cccnc2)cc1)NC[C@H]1CCCO1. The summed E-state index contributed by atoms with van der Waals surface area (Å²) in [7, 11) is 0. The molecule has 0 spiro atoms. The molecule has 1 atom stereocenters. The maximum atomic E-state index is 11.8. The summed E-state index contributed by atoms with van der Waals surface area (Å²) < 4.78 is 10.9. The van der Waals surface area contributed by atoms with Crippen molar-refractivity contribution >= 4 is 23.9 Å². The van der Waals surface area contributed by atoms with Gasteiger partial charge in [-0.05, 0) is 54.3 Å². The van der Waals surface area contributed by atoms with E-state index in [2.05, 4.69) is 26.1 Å². The number of carbonyl (C=O) groups is 3. The van der Waals surface area contributed by atoms with E-state index < -0.39 is 11.8 Å². The van der Waals surface area contributed by atoms with E-state index in [9.17, 15) is 14.4 Å². The molecule has 0 saturated carbocycles. The van der Waals surface area contributed by atoms with Gasteiger partial charge in [-0.2, -0.15) is 5.10 Å². The Bertz CT molecular complexity index is 927. The summed E-state index contributed by atoms with van der Waals surface area (Å²) in [6.45, 7) is 1.34. The zero-order chi connectivity index (χ0) is 22.6. The molecule has 1 aliphatic heterocycles. The van der Waals surface area contributed by atoms with E-state index in [0.717, 1.165) is 25.0 Å². The number of rotatable bonds is 9. The predicted octanol–water partition coefficient (Wildman–Crippen LogP) is 0.522. The van der Waals surface area contributed by atoms with Crippen molar-refractivity contribution in [1.29, 1.82) is 0 Å². The number of pyridine rings is 1. The van der Waals surface area contributed by atoms with Crippen LogP contribution < -0.4 is 20.8 Å². The van der Waals surface area contributed by atoms with E-state index in [1.165, 1.54) is 6.21 Å². The average molecular weight is 439 g/mol. The van der Waals surface area contributed by atoms with Crippen molar-refractivity contribution in [3.8, 4) is 5.75 Å². The summed E-state index contributed by atoms with van der Waals surface area (Å²) in [6, 6.07) is 10.3. The highest BCUT2D eigenvalue weighted by molar-refractivity contribution is 6.35. The van der Waals surface area contributed by atoms with Crippen LogP contribution in [0.25, 0.3) is 0 Å². The Morgan fingerprint density at radius 2 is 2.00 bits per heavy atom. The van der Waals surface area contributed by atoms with Gasteiger partial charge in [0.25, 0.3) is 5.91 Å². The topological polar surface area (TPSA) is 131 Å². The number of ether oxygens (including phenoxy) is 2. The Labute approximate surface area is 185 Å². The zero-order valence-electron chi connectivity index (χ0n) is 17.5. The molecular formula is C22H25N5O5. The minimum Gasteiger partial charge on any atom is -0.484 e. The molecule has 0 bridgehead atoms. The molecule has 1 aliphatic rings. The quantitative estimate of drug-likeness (QED) is 0.297. The Morgan fingerprint density at radius 3 is 2.72 bits per heavy atom. The molecule has 168 valence electrons. The molecule has 1 aromatic heterocycles. The molecular weight excluding hydrogens is 414 g/mol. The maximum absolute atomic E-state index is 11.8. The van der Waals surface area contributed by atoms with Crippen LogP contribution in [0.2, 0.25) is 0 Å². The standard InChI is InChI=1S/C22H25N5O5/c28-20(24-14-19-4-2-10-31-19)15-32-18-7-5-16(6-8-18)13-26-27-22(30)21(29)25-12-17-3-1-9-23-11-17/h1,3,5-9,11,13,19H,2,4,10,12,14-15H2,(H,24,28)(H,25,29)(H,27,30)/b26-13-/t19-/m1/s1. The van der Waals surface area contributed by atoms with Crippen LogP contribution in [0.5, 0.6) is 5.75 Å². The summed E-state index contributed by atoms with van der Waals surface area (Å²) in [4.78, 5) is 39.3. The molecule has 3 amide bonds.